The number of aryl methyl sites for hydroxylation is 2. The van der Waals surface area contributed by atoms with Gasteiger partial charge in [-0.15, -0.1) is 0 Å². The molecule has 0 atom stereocenters. The molecule has 0 aliphatic carbocycles. The van der Waals surface area contributed by atoms with Gasteiger partial charge in [0.1, 0.15) is 10.4 Å². The van der Waals surface area contributed by atoms with Crippen molar-refractivity contribution in [3.8, 4) is 11.4 Å². The lowest BCUT2D eigenvalue weighted by Gasteiger charge is -2.05. The maximum absolute atomic E-state index is 12.1. The van der Waals surface area contributed by atoms with Crippen molar-refractivity contribution in [2.75, 3.05) is 10.6 Å². The monoisotopic (exact) mass is 562 g/mol. The summed E-state index contributed by atoms with van der Waals surface area (Å²) in [4.78, 5) is 27.1. The fourth-order valence-corrected chi connectivity index (χ4v) is 3.69. The van der Waals surface area contributed by atoms with Crippen LogP contribution in [0, 0.1) is 13.8 Å². The van der Waals surface area contributed by atoms with E-state index in [1.807, 2.05) is 62.4 Å². The molecular formula is C28H26N12O2+2. The van der Waals surface area contributed by atoms with Crippen molar-refractivity contribution < 1.29 is 19.2 Å². The van der Waals surface area contributed by atoms with Gasteiger partial charge < -0.3 is 10.6 Å². The van der Waals surface area contributed by atoms with Crippen molar-refractivity contribution in [1.82, 2.24) is 41.7 Å². The number of benzene rings is 4. The topological polar surface area (TPSA) is 175 Å². The number of aromatic amines is 2. The first-order valence-electron chi connectivity index (χ1n) is 12.7. The van der Waals surface area contributed by atoms with Crippen LogP contribution in [0.3, 0.4) is 0 Å². The number of H-pyrrole nitrogens is 2. The van der Waals surface area contributed by atoms with Gasteiger partial charge >= 0.3 is 0 Å². The van der Waals surface area contributed by atoms with Crippen LogP contribution in [0.25, 0.3) is 11.4 Å². The number of anilines is 2. The van der Waals surface area contributed by atoms with Crippen LogP contribution < -0.4 is 20.2 Å². The van der Waals surface area contributed by atoms with E-state index in [0.717, 1.165) is 33.9 Å². The Hall–Kier alpha value is -6.18. The van der Waals surface area contributed by atoms with E-state index in [2.05, 4.69) is 52.3 Å². The van der Waals surface area contributed by atoms with E-state index >= 15 is 0 Å². The summed E-state index contributed by atoms with van der Waals surface area (Å²) in [6.07, 6.45) is 0. The maximum atomic E-state index is 12.1. The SMILES string of the molecule is Cc1ccc(NC(=O)c2ccc(-[n+]3nnn[nH]3)cc2)cc1.Cc1ccc(NC(=O)c2ccc(-[n+]3nnn[nH]3)cc2)cc1. The van der Waals surface area contributed by atoms with Crippen molar-refractivity contribution >= 4 is 23.2 Å². The van der Waals surface area contributed by atoms with E-state index < -0.39 is 0 Å². The minimum atomic E-state index is -0.161. The Morgan fingerprint density at radius 2 is 0.905 bits per heavy atom. The molecule has 0 saturated heterocycles. The van der Waals surface area contributed by atoms with Crippen molar-refractivity contribution in [3.05, 3.63) is 119 Å². The first-order valence-corrected chi connectivity index (χ1v) is 12.7. The van der Waals surface area contributed by atoms with Gasteiger partial charge in [0.05, 0.1) is 0 Å². The average Bonchev–Trinajstić information content (AvgIpc) is 3.76. The summed E-state index contributed by atoms with van der Waals surface area (Å²) >= 11 is 0. The smallest absolute Gasteiger partial charge is 0.255 e. The molecule has 6 aromatic rings. The van der Waals surface area contributed by atoms with E-state index in [4.69, 9.17) is 0 Å². The molecule has 4 aromatic carbocycles. The fraction of sp³-hybridized carbons (Fsp3) is 0.0714. The van der Waals surface area contributed by atoms with Crippen molar-refractivity contribution in [2.45, 2.75) is 13.8 Å². The number of carbonyl (C=O) groups excluding carboxylic acids is 2. The van der Waals surface area contributed by atoms with E-state index in [-0.39, 0.29) is 11.8 Å². The van der Waals surface area contributed by atoms with Crippen LogP contribution >= 0.6 is 0 Å². The molecule has 14 heteroatoms. The number of rotatable bonds is 6. The molecule has 4 N–H and O–H groups in total. The van der Waals surface area contributed by atoms with Crippen LogP contribution in [-0.2, 0) is 0 Å². The van der Waals surface area contributed by atoms with Crippen molar-refractivity contribution in [2.24, 2.45) is 0 Å². The van der Waals surface area contributed by atoms with Crippen molar-refractivity contribution in [1.29, 1.82) is 0 Å². The lowest BCUT2D eigenvalue weighted by Crippen LogP contribution is -2.36. The van der Waals surface area contributed by atoms with Crippen molar-refractivity contribution in [3.63, 3.8) is 0 Å². The van der Waals surface area contributed by atoms with E-state index in [0.29, 0.717) is 11.1 Å². The molecule has 0 spiro atoms. The molecular weight excluding hydrogens is 536 g/mol. The zero-order valence-electron chi connectivity index (χ0n) is 22.6. The summed E-state index contributed by atoms with van der Waals surface area (Å²) in [5, 5.41) is 32.3. The van der Waals surface area contributed by atoms with Crippen LogP contribution in [-0.4, -0.2) is 53.5 Å². The van der Waals surface area contributed by atoms with Gasteiger partial charge in [0.15, 0.2) is 11.4 Å². The summed E-state index contributed by atoms with van der Waals surface area (Å²) in [5.74, 6) is -0.322. The number of nitrogens with zero attached hydrogens (tertiary/aromatic N) is 8. The first-order chi connectivity index (χ1) is 20.4. The third-order valence-electron chi connectivity index (χ3n) is 5.99. The van der Waals surface area contributed by atoms with Gasteiger partial charge in [0.2, 0.25) is 20.9 Å². The van der Waals surface area contributed by atoms with Gasteiger partial charge in [0.25, 0.3) is 11.8 Å². The largest absolute Gasteiger partial charge is 0.322 e. The minimum absolute atomic E-state index is 0.161. The predicted molar refractivity (Wildman–Crippen MR) is 150 cm³/mol. The molecule has 0 bridgehead atoms. The van der Waals surface area contributed by atoms with Gasteiger partial charge in [-0.2, -0.15) is 0 Å². The van der Waals surface area contributed by atoms with Gasteiger partial charge in [-0.1, -0.05) is 35.4 Å². The maximum Gasteiger partial charge on any atom is 0.255 e. The Morgan fingerprint density at radius 1 is 0.548 bits per heavy atom. The molecule has 0 unspecified atom stereocenters. The van der Waals surface area contributed by atoms with E-state index in [9.17, 15) is 9.59 Å². The quantitative estimate of drug-likeness (QED) is 0.223. The highest BCUT2D eigenvalue weighted by molar-refractivity contribution is 6.04. The molecule has 2 heterocycles. The number of hydrogen-bond acceptors (Lipinski definition) is 8. The number of nitrogens with one attached hydrogen (secondary N) is 4. The Morgan fingerprint density at radius 3 is 1.21 bits per heavy atom. The first kappa shape index (κ1) is 27.4. The van der Waals surface area contributed by atoms with Gasteiger partial charge in [-0.05, 0) is 107 Å². The Labute approximate surface area is 239 Å². The normalized spacial score (nSPS) is 10.3. The van der Waals surface area contributed by atoms with Crippen LogP contribution in [0.5, 0.6) is 0 Å². The molecule has 2 aromatic heterocycles. The molecule has 6 rings (SSSR count). The molecule has 2 amide bonds. The summed E-state index contributed by atoms with van der Waals surface area (Å²) in [7, 11) is 0. The second-order valence-corrected chi connectivity index (χ2v) is 9.12. The number of amides is 2. The number of carbonyl (C=O) groups is 2. The summed E-state index contributed by atoms with van der Waals surface area (Å²) in [5.41, 5.74) is 6.44. The zero-order valence-corrected chi connectivity index (χ0v) is 22.6. The van der Waals surface area contributed by atoms with Crippen LogP contribution in [0.15, 0.2) is 97.1 Å². The van der Waals surface area contributed by atoms with Crippen LogP contribution in [0.4, 0.5) is 11.4 Å². The predicted octanol–water partition coefficient (Wildman–Crippen LogP) is 2.07. The lowest BCUT2D eigenvalue weighted by atomic mass is 10.2. The second-order valence-electron chi connectivity index (χ2n) is 9.12. The lowest BCUT2D eigenvalue weighted by molar-refractivity contribution is -0.719. The Bertz CT molecular complexity index is 1600. The second kappa shape index (κ2) is 12.8. The van der Waals surface area contributed by atoms with E-state index in [1.165, 1.54) is 9.59 Å². The number of hydrogen-bond donors (Lipinski definition) is 4. The number of aromatic nitrogens is 10. The molecule has 0 aliphatic rings. The summed E-state index contributed by atoms with van der Waals surface area (Å²) < 4.78 is 0. The standard InChI is InChI=1S/2C14H12N6O/c2*1-10-2-6-12(7-3-10)15-14(21)11-4-8-13(9-5-11)20-18-16-17-19-20/h2*2-9H,1H3,(H,15,21)/p+2. The highest BCUT2D eigenvalue weighted by Crippen LogP contribution is 2.13. The highest BCUT2D eigenvalue weighted by Gasteiger charge is 2.11. The molecule has 208 valence electrons. The van der Waals surface area contributed by atoms with Gasteiger partial charge in [-0.3, -0.25) is 9.59 Å². The van der Waals surface area contributed by atoms with Gasteiger partial charge in [0, 0.05) is 22.5 Å². The van der Waals surface area contributed by atoms with Crippen LogP contribution in [0.2, 0.25) is 0 Å². The summed E-state index contributed by atoms with van der Waals surface area (Å²) in [6.45, 7) is 4.00. The molecule has 0 saturated carbocycles. The van der Waals surface area contributed by atoms with Crippen LogP contribution in [0.1, 0.15) is 31.8 Å². The molecule has 0 fully saturated rings. The van der Waals surface area contributed by atoms with Gasteiger partial charge in [-0.25, -0.2) is 0 Å². The average molecular weight is 563 g/mol. The molecule has 14 nitrogen and oxygen atoms in total. The van der Waals surface area contributed by atoms with E-state index in [1.54, 1.807) is 48.5 Å². The molecule has 0 radical (unpaired) electrons. The highest BCUT2D eigenvalue weighted by atomic mass is 16.2. The fourth-order valence-electron chi connectivity index (χ4n) is 3.69. The summed E-state index contributed by atoms with van der Waals surface area (Å²) in [6, 6.07) is 29.2. The Balaban J connectivity index is 0.000000168. The molecule has 0 aliphatic heterocycles. The Kier molecular flexibility index (Phi) is 8.34. The third-order valence-corrected chi connectivity index (χ3v) is 5.99. The third kappa shape index (κ3) is 7.06. The minimum Gasteiger partial charge on any atom is -0.322 e. The molecule has 42 heavy (non-hydrogen) atoms. The zero-order chi connectivity index (χ0) is 29.3.